The monoisotopic (exact) mass is 1550 g/mol. The van der Waals surface area contributed by atoms with E-state index in [-0.39, 0.29) is 88.1 Å². The highest BCUT2D eigenvalue weighted by Crippen LogP contribution is 2.41. The van der Waals surface area contributed by atoms with Crippen LogP contribution in [0.25, 0.3) is 0 Å². The molecule has 3 N–H and O–H groups in total. The number of halogens is 6. The van der Waals surface area contributed by atoms with Crippen molar-refractivity contribution in [2.45, 2.75) is 222 Å². The number of carbonyl (C=O) groups excluding carboxylic acids is 12. The molecule has 6 aliphatic rings. The second kappa shape index (κ2) is 37.5. The number of methoxy groups -OCH3 is 1. The maximum Gasteiger partial charge on any atom is 0.419 e. The van der Waals surface area contributed by atoms with E-state index in [9.17, 15) is 45.5 Å². The number of hydrogen-bond donors (Lipinski definition) is 3. The maximum atomic E-state index is 15.6. The Balaban J connectivity index is 1.23. The lowest BCUT2D eigenvalue weighted by Crippen LogP contribution is -2.68. The zero-order valence-corrected chi connectivity index (χ0v) is 65.3. The first-order valence-electron chi connectivity index (χ1n) is 38.3. The normalized spacial score (nSPS) is 26.6. The third kappa shape index (κ3) is 20.6. The van der Waals surface area contributed by atoms with E-state index in [1.54, 1.807) is 32.9 Å². The minimum atomic E-state index is -4.82. The third-order valence-electron chi connectivity index (χ3n) is 23.2. The summed E-state index contributed by atoms with van der Waals surface area (Å²) in [4.78, 5) is 193. The zero-order valence-electron chi connectivity index (χ0n) is 65.3. The molecule has 608 valence electrons. The van der Waals surface area contributed by atoms with Gasteiger partial charge in [0.05, 0.1) is 43.9 Å². The number of likely N-dealkylation sites (N-methyl/N-ethyl adjacent to an activating group) is 7. The lowest BCUT2D eigenvalue weighted by atomic mass is 9.74. The van der Waals surface area contributed by atoms with Crippen molar-refractivity contribution < 1.29 is 93.4 Å². The average molecular weight is 1550 g/mol. The zero-order chi connectivity index (χ0) is 81.0. The number of fused-ring (bicyclic) bond motifs is 3. The fourth-order valence-corrected chi connectivity index (χ4v) is 16.2. The minimum Gasteiger partial charge on any atom is -0.496 e. The summed E-state index contributed by atoms with van der Waals surface area (Å²) in [5.74, 6) is -10.8. The summed E-state index contributed by atoms with van der Waals surface area (Å²) in [5, 5.41) is 8.59. The molecule has 10 atom stereocenters. The molecular weight excluding hydrogens is 1440 g/mol. The van der Waals surface area contributed by atoms with Gasteiger partial charge in [0.2, 0.25) is 70.9 Å². The van der Waals surface area contributed by atoms with Gasteiger partial charge in [-0.3, -0.25) is 57.5 Å². The molecule has 1 spiro atoms. The molecule has 5 fully saturated rings. The van der Waals surface area contributed by atoms with E-state index in [0.717, 1.165) is 88.8 Å². The van der Waals surface area contributed by atoms with Crippen molar-refractivity contribution in [2.24, 2.45) is 17.8 Å². The number of amides is 12. The molecule has 3 saturated carbocycles. The predicted molar refractivity (Wildman–Crippen MR) is 392 cm³/mol. The molecule has 2 aromatic rings. The molecular formula is C78H110F6N12O14. The molecule has 2 saturated heterocycles. The van der Waals surface area contributed by atoms with Crippen LogP contribution in [-0.2, 0) is 87.5 Å². The Kier molecular flexibility index (Phi) is 29.5. The van der Waals surface area contributed by atoms with Gasteiger partial charge in [0.15, 0.2) is 0 Å². The van der Waals surface area contributed by atoms with Crippen LogP contribution in [0.3, 0.4) is 0 Å². The number of nitrogens with zero attached hydrogens (tertiary/aromatic N) is 9. The fourth-order valence-electron chi connectivity index (χ4n) is 16.2. The molecule has 2 aromatic carbocycles. The highest BCUT2D eigenvalue weighted by molar-refractivity contribution is 6.01. The number of aryl methyl sites for hydroxylation is 1. The van der Waals surface area contributed by atoms with Gasteiger partial charge in [-0.2, -0.15) is 26.3 Å². The topological polar surface area (TPSA) is 289 Å². The molecule has 3 aliphatic carbocycles. The van der Waals surface area contributed by atoms with Crippen molar-refractivity contribution >= 4 is 70.9 Å². The lowest BCUT2D eigenvalue weighted by Gasteiger charge is -2.46. The molecule has 26 nitrogen and oxygen atoms in total. The van der Waals surface area contributed by atoms with E-state index < -0.39 is 198 Å². The molecule has 3 heterocycles. The van der Waals surface area contributed by atoms with Crippen LogP contribution in [0.15, 0.2) is 54.6 Å². The van der Waals surface area contributed by atoms with Gasteiger partial charge in [0.25, 0.3) is 0 Å². The molecule has 32 heteroatoms. The van der Waals surface area contributed by atoms with E-state index in [4.69, 9.17) is 9.47 Å². The first-order chi connectivity index (χ1) is 51.9. The van der Waals surface area contributed by atoms with Crippen molar-refractivity contribution in [3.05, 3.63) is 76.9 Å². The Morgan fingerprint density at radius 2 is 1.30 bits per heavy atom. The Bertz CT molecular complexity index is 3690. The van der Waals surface area contributed by atoms with E-state index in [2.05, 4.69) is 16.0 Å². The second-order valence-electron chi connectivity index (χ2n) is 30.9. The van der Waals surface area contributed by atoms with Crippen LogP contribution in [0.4, 0.5) is 26.3 Å². The summed E-state index contributed by atoms with van der Waals surface area (Å²) in [6, 6.07) is -4.25. The molecule has 12 amide bonds. The quantitative estimate of drug-likeness (QED) is 0.144. The SMILES string of the molecule is CCO[C@@H]1C[C@H]2C(=O)NC3(CCC3)C(=O)N(C)[C@@H](C3CCCC3)C(=O)N(C)[C@H](C(=O)N(C)C)CC(=O)N(C)[C@@H](CC3CCCC3)C(=O)N[C@@H]([C@@H](C)CC)C(=O)N(C)CC(=O)N(C)[C@H]3C/C=C\CCN(C3=O)[C@@H](Cc3ccc(C(F)(F)F)cc3)C(=O)N(C)CC(=O)N[C@H](CCc3ccc(C(F)(F)F)c(OC)c3)C(=O)N2C1. The summed E-state index contributed by atoms with van der Waals surface area (Å²) >= 11 is 0. The molecule has 3 aliphatic heterocycles. The largest absolute Gasteiger partial charge is 0.496 e. The van der Waals surface area contributed by atoms with Crippen molar-refractivity contribution in [1.82, 2.24) is 60.0 Å². The number of carbonyl (C=O) groups is 12. The summed E-state index contributed by atoms with van der Waals surface area (Å²) in [6.07, 6.45) is -1.98. The Morgan fingerprint density at radius 1 is 0.664 bits per heavy atom. The Morgan fingerprint density at radius 3 is 1.89 bits per heavy atom. The maximum absolute atomic E-state index is 15.6. The van der Waals surface area contributed by atoms with Crippen LogP contribution >= 0.6 is 0 Å². The number of benzene rings is 2. The van der Waals surface area contributed by atoms with Crippen LogP contribution in [0.5, 0.6) is 5.75 Å². The van der Waals surface area contributed by atoms with Crippen LogP contribution < -0.4 is 20.7 Å². The molecule has 8 rings (SSSR count). The average Bonchev–Trinajstić information content (AvgIpc) is 1.26. The summed E-state index contributed by atoms with van der Waals surface area (Å²) in [5.41, 5.74) is -3.37. The number of hydrogen-bond acceptors (Lipinski definition) is 14. The number of nitrogens with one attached hydrogen (secondary N) is 3. The molecule has 110 heavy (non-hydrogen) atoms. The first-order valence-corrected chi connectivity index (χ1v) is 38.3. The summed E-state index contributed by atoms with van der Waals surface area (Å²) in [7, 11) is 12.1. The molecule has 2 bridgehead atoms. The van der Waals surface area contributed by atoms with Crippen LogP contribution in [0, 0.1) is 17.8 Å². The summed E-state index contributed by atoms with van der Waals surface area (Å²) < 4.78 is 95.8. The van der Waals surface area contributed by atoms with Gasteiger partial charge < -0.3 is 69.5 Å². The third-order valence-corrected chi connectivity index (χ3v) is 23.2. The number of rotatable bonds is 14. The standard InChI is InChI=1S/C78H110F6N12O14/c1-13-47(3)65-73(106)90(7)46-64(99)91(8)56-27-16-15-21-38-95(72(56)105)60(40-49-28-32-52(33-29-49)77(79,80)81)71(104)89(6)45-62(97)85-55(35-31-50-30-34-54(78(82,83)84)61(41-50)109-12)69(102)96-44-53(110-14-2)42-58(96)68(101)87-76(36-22-37-76)75(108)94(11)66(51-25-19-20-26-51)74(107)93(10)59(70(103)88(4)5)43-63(98)92(9)57(67(100)86-65)39-48-23-17-18-24-48/h15-16,28-30,32-34,41,47-48,51,53,55-60,65-66H,13-14,17-27,31,35-40,42-46H2,1-12H3,(H,85,97)(H,86,100)(H,87,101)/b16-15-/t47-,53+,55+,56-,57-,58-,59-,60-,65-,66-/m0/s1. The van der Waals surface area contributed by atoms with Gasteiger partial charge in [0, 0.05) is 88.9 Å². The number of ether oxygens (including phenoxy) is 2. The van der Waals surface area contributed by atoms with Crippen molar-refractivity contribution in [1.29, 1.82) is 0 Å². The Hall–Kier alpha value is -8.84. The van der Waals surface area contributed by atoms with Gasteiger partial charge in [0.1, 0.15) is 59.6 Å². The van der Waals surface area contributed by atoms with E-state index in [0.29, 0.717) is 38.5 Å². The van der Waals surface area contributed by atoms with Crippen molar-refractivity contribution in [3.8, 4) is 5.75 Å². The Labute approximate surface area is 639 Å². The van der Waals surface area contributed by atoms with E-state index in [1.807, 2.05) is 0 Å². The smallest absolute Gasteiger partial charge is 0.419 e. The molecule has 0 aromatic heterocycles. The lowest BCUT2D eigenvalue weighted by molar-refractivity contribution is -0.158. The van der Waals surface area contributed by atoms with Gasteiger partial charge in [-0.05, 0) is 124 Å². The van der Waals surface area contributed by atoms with Gasteiger partial charge in [-0.1, -0.05) is 89.1 Å². The molecule has 0 unspecified atom stereocenters. The predicted octanol–water partition coefficient (Wildman–Crippen LogP) is 6.00. The highest BCUT2D eigenvalue weighted by Gasteiger charge is 2.54. The summed E-state index contributed by atoms with van der Waals surface area (Å²) in [6.45, 7) is 3.40. The van der Waals surface area contributed by atoms with Crippen LogP contribution in [0.1, 0.15) is 159 Å². The fraction of sp³-hybridized carbons (Fsp3) is 0.667. The first kappa shape index (κ1) is 86.7. The second-order valence-corrected chi connectivity index (χ2v) is 30.9. The van der Waals surface area contributed by atoms with Gasteiger partial charge in [-0.15, -0.1) is 0 Å². The van der Waals surface area contributed by atoms with Gasteiger partial charge in [-0.25, -0.2) is 0 Å². The van der Waals surface area contributed by atoms with E-state index in [1.165, 1.54) is 86.9 Å². The van der Waals surface area contributed by atoms with Gasteiger partial charge >= 0.3 is 12.4 Å². The van der Waals surface area contributed by atoms with E-state index >= 15 is 38.4 Å². The number of alkyl halides is 6. The highest BCUT2D eigenvalue weighted by atomic mass is 19.4. The molecule has 0 radical (unpaired) electrons. The van der Waals surface area contributed by atoms with Crippen molar-refractivity contribution in [3.63, 3.8) is 0 Å². The van der Waals surface area contributed by atoms with Crippen LogP contribution in [0.2, 0.25) is 0 Å². The van der Waals surface area contributed by atoms with Crippen LogP contribution in [-0.4, -0.2) is 271 Å². The minimum absolute atomic E-state index is 0.0266. The van der Waals surface area contributed by atoms with Crippen molar-refractivity contribution in [2.75, 3.05) is 96.3 Å².